The number of rotatable bonds is 3. The summed E-state index contributed by atoms with van der Waals surface area (Å²) in [6.45, 7) is 1.51. The van der Waals surface area contributed by atoms with Crippen LogP contribution >= 0.6 is 0 Å². The van der Waals surface area contributed by atoms with Gasteiger partial charge >= 0.3 is 5.97 Å². The van der Waals surface area contributed by atoms with Crippen molar-refractivity contribution in [2.75, 3.05) is 7.11 Å². The number of methoxy groups -OCH3 is 1. The summed E-state index contributed by atoms with van der Waals surface area (Å²) in [5, 5.41) is 15.6. The number of oxazole rings is 1. The molecule has 0 aliphatic heterocycles. The van der Waals surface area contributed by atoms with E-state index in [4.69, 9.17) is 9.15 Å². The maximum absolute atomic E-state index is 12.1. The van der Waals surface area contributed by atoms with Gasteiger partial charge in [-0.05, 0) is 31.2 Å². The standard InChI is InChI=1S/C22H17N3O4/c1-22(27,21-23-12-13-29-21)11-10-15-6-5-7-16(14-15)25-18-9-4-3-8-17(18)19(24-25)20(26)28-2/h3-9,12-14,27H,1-2H3. The van der Waals surface area contributed by atoms with Crippen LogP contribution in [0.3, 0.4) is 0 Å². The number of hydrogen-bond donors (Lipinski definition) is 1. The number of para-hydroxylation sites is 1. The third-order valence-electron chi connectivity index (χ3n) is 4.36. The summed E-state index contributed by atoms with van der Waals surface area (Å²) in [6, 6.07) is 14.7. The number of aliphatic hydroxyl groups is 1. The largest absolute Gasteiger partial charge is 0.464 e. The third kappa shape index (κ3) is 3.49. The van der Waals surface area contributed by atoms with E-state index >= 15 is 0 Å². The minimum Gasteiger partial charge on any atom is -0.464 e. The first kappa shape index (κ1) is 18.5. The molecular weight excluding hydrogens is 370 g/mol. The van der Waals surface area contributed by atoms with Crippen LogP contribution in [-0.2, 0) is 10.3 Å². The van der Waals surface area contributed by atoms with Gasteiger partial charge < -0.3 is 14.3 Å². The molecule has 0 saturated heterocycles. The van der Waals surface area contributed by atoms with Gasteiger partial charge in [0.1, 0.15) is 6.26 Å². The first-order chi connectivity index (χ1) is 14.0. The van der Waals surface area contributed by atoms with Crippen LogP contribution < -0.4 is 0 Å². The molecule has 4 aromatic rings. The van der Waals surface area contributed by atoms with E-state index in [0.717, 1.165) is 11.2 Å². The SMILES string of the molecule is COC(=O)c1nn(-c2cccc(C#CC(C)(O)c3ncco3)c2)c2ccccc12. The number of fused-ring (bicyclic) bond motifs is 1. The van der Waals surface area contributed by atoms with Gasteiger partial charge in [-0.25, -0.2) is 14.5 Å². The third-order valence-corrected chi connectivity index (χ3v) is 4.36. The topological polar surface area (TPSA) is 90.4 Å². The Labute approximate surface area is 166 Å². The molecule has 144 valence electrons. The van der Waals surface area contributed by atoms with Gasteiger partial charge in [0, 0.05) is 10.9 Å². The molecule has 0 amide bonds. The molecule has 2 heterocycles. The molecule has 0 aliphatic rings. The first-order valence-electron chi connectivity index (χ1n) is 8.81. The highest BCUT2D eigenvalue weighted by atomic mass is 16.5. The van der Waals surface area contributed by atoms with Crippen molar-refractivity contribution >= 4 is 16.9 Å². The maximum Gasteiger partial charge on any atom is 0.359 e. The van der Waals surface area contributed by atoms with E-state index in [2.05, 4.69) is 21.9 Å². The van der Waals surface area contributed by atoms with E-state index in [9.17, 15) is 9.90 Å². The second-order valence-electron chi connectivity index (χ2n) is 6.48. The van der Waals surface area contributed by atoms with Crippen LogP contribution in [0.15, 0.2) is 65.4 Å². The van der Waals surface area contributed by atoms with Crippen LogP contribution in [0.2, 0.25) is 0 Å². The predicted octanol–water partition coefficient (Wildman–Crippen LogP) is 3.06. The van der Waals surface area contributed by atoms with E-state index in [0.29, 0.717) is 10.9 Å². The van der Waals surface area contributed by atoms with Gasteiger partial charge in [-0.15, -0.1) is 0 Å². The van der Waals surface area contributed by atoms with Crippen LogP contribution in [0.4, 0.5) is 0 Å². The molecule has 7 heteroatoms. The summed E-state index contributed by atoms with van der Waals surface area (Å²) < 4.78 is 11.7. The summed E-state index contributed by atoms with van der Waals surface area (Å²) in [5.41, 5.74) is 0.874. The number of carbonyl (C=O) groups excluding carboxylic acids is 1. The van der Waals surface area contributed by atoms with E-state index in [-0.39, 0.29) is 11.6 Å². The summed E-state index contributed by atoms with van der Waals surface area (Å²) >= 11 is 0. The van der Waals surface area contributed by atoms with Gasteiger partial charge in [0.25, 0.3) is 0 Å². The molecule has 2 aromatic heterocycles. The average Bonchev–Trinajstić information content (AvgIpc) is 3.41. The number of hydrogen-bond acceptors (Lipinski definition) is 6. The Balaban J connectivity index is 1.76. The molecule has 7 nitrogen and oxygen atoms in total. The van der Waals surface area contributed by atoms with Crippen LogP contribution in [-0.4, -0.2) is 33.0 Å². The Morgan fingerprint density at radius 1 is 1.24 bits per heavy atom. The van der Waals surface area contributed by atoms with Crippen molar-refractivity contribution in [3.63, 3.8) is 0 Å². The smallest absolute Gasteiger partial charge is 0.359 e. The van der Waals surface area contributed by atoms with Gasteiger partial charge in [0.2, 0.25) is 5.89 Å². The fourth-order valence-corrected chi connectivity index (χ4v) is 2.94. The molecule has 0 radical (unpaired) electrons. The van der Waals surface area contributed by atoms with Crippen molar-refractivity contribution < 1.29 is 19.1 Å². The van der Waals surface area contributed by atoms with E-state index in [1.54, 1.807) is 4.68 Å². The lowest BCUT2D eigenvalue weighted by Crippen LogP contribution is -2.18. The van der Waals surface area contributed by atoms with Crippen molar-refractivity contribution in [1.29, 1.82) is 0 Å². The number of esters is 1. The van der Waals surface area contributed by atoms with Gasteiger partial charge in [0.05, 0.1) is 24.5 Å². The molecule has 1 unspecified atom stereocenters. The lowest BCUT2D eigenvalue weighted by molar-refractivity contribution is 0.0595. The quantitative estimate of drug-likeness (QED) is 0.429. The summed E-state index contributed by atoms with van der Waals surface area (Å²) in [5.74, 6) is 5.34. The van der Waals surface area contributed by atoms with Crippen molar-refractivity contribution in [1.82, 2.24) is 14.8 Å². The molecule has 0 saturated carbocycles. The normalized spacial score (nSPS) is 12.8. The molecule has 1 N–H and O–H groups in total. The van der Waals surface area contributed by atoms with Crippen molar-refractivity contribution in [3.8, 4) is 17.5 Å². The molecule has 0 spiro atoms. The number of nitrogens with zero attached hydrogens (tertiary/aromatic N) is 3. The summed E-state index contributed by atoms with van der Waals surface area (Å²) in [7, 11) is 1.33. The predicted molar refractivity (Wildman–Crippen MR) is 105 cm³/mol. The number of carbonyl (C=O) groups is 1. The fourth-order valence-electron chi connectivity index (χ4n) is 2.94. The average molecular weight is 387 g/mol. The minimum absolute atomic E-state index is 0.127. The molecule has 0 bridgehead atoms. The molecule has 0 aliphatic carbocycles. The van der Waals surface area contributed by atoms with Crippen LogP contribution in [0.1, 0.15) is 28.9 Å². The highest BCUT2D eigenvalue weighted by Crippen LogP contribution is 2.23. The summed E-state index contributed by atoms with van der Waals surface area (Å²) in [6.07, 6.45) is 2.83. The molecule has 2 aromatic carbocycles. The zero-order valence-electron chi connectivity index (χ0n) is 15.8. The monoisotopic (exact) mass is 387 g/mol. The lowest BCUT2D eigenvalue weighted by Gasteiger charge is -2.10. The van der Waals surface area contributed by atoms with E-state index < -0.39 is 11.6 Å². The number of benzene rings is 2. The van der Waals surface area contributed by atoms with E-state index in [1.165, 1.54) is 26.5 Å². The highest BCUT2D eigenvalue weighted by molar-refractivity contribution is 6.02. The second kappa shape index (κ2) is 7.26. The Hall–Kier alpha value is -3.89. The Kier molecular flexibility index (Phi) is 4.63. The maximum atomic E-state index is 12.1. The van der Waals surface area contributed by atoms with Gasteiger partial charge in [-0.1, -0.05) is 36.1 Å². The molecule has 1 atom stereocenters. The van der Waals surface area contributed by atoms with Crippen molar-refractivity contribution in [3.05, 3.63) is 78.1 Å². The summed E-state index contributed by atoms with van der Waals surface area (Å²) in [4.78, 5) is 16.1. The molecule has 29 heavy (non-hydrogen) atoms. The Morgan fingerprint density at radius 2 is 2.07 bits per heavy atom. The molecular formula is C22H17N3O4. The zero-order valence-corrected chi connectivity index (χ0v) is 15.8. The van der Waals surface area contributed by atoms with E-state index in [1.807, 2.05) is 48.5 Å². The highest BCUT2D eigenvalue weighted by Gasteiger charge is 2.25. The van der Waals surface area contributed by atoms with Crippen molar-refractivity contribution in [2.24, 2.45) is 0 Å². The first-order valence-corrected chi connectivity index (χ1v) is 8.81. The van der Waals surface area contributed by atoms with Crippen LogP contribution in [0, 0.1) is 11.8 Å². The van der Waals surface area contributed by atoms with Gasteiger partial charge in [0.15, 0.2) is 11.3 Å². The number of ether oxygens (including phenoxy) is 1. The minimum atomic E-state index is -1.52. The molecule has 4 rings (SSSR count). The second-order valence-corrected chi connectivity index (χ2v) is 6.48. The Bertz CT molecular complexity index is 1240. The lowest BCUT2D eigenvalue weighted by atomic mass is 10.1. The van der Waals surface area contributed by atoms with Gasteiger partial charge in [-0.3, -0.25) is 0 Å². The van der Waals surface area contributed by atoms with Gasteiger partial charge in [-0.2, -0.15) is 5.10 Å². The van der Waals surface area contributed by atoms with Crippen LogP contribution in [0.25, 0.3) is 16.6 Å². The fraction of sp³-hybridized carbons (Fsp3) is 0.136. The zero-order chi connectivity index (χ0) is 20.4. The van der Waals surface area contributed by atoms with Crippen molar-refractivity contribution in [2.45, 2.75) is 12.5 Å². The molecule has 0 fully saturated rings. The van der Waals surface area contributed by atoms with Crippen LogP contribution in [0.5, 0.6) is 0 Å². The number of aromatic nitrogens is 3. The Morgan fingerprint density at radius 3 is 2.83 bits per heavy atom.